The smallest absolute Gasteiger partial charge is 0.338 e. The van der Waals surface area contributed by atoms with Crippen LogP contribution in [0.15, 0.2) is 34.8 Å². The van der Waals surface area contributed by atoms with E-state index in [9.17, 15) is 4.79 Å². The zero-order valence-corrected chi connectivity index (χ0v) is 11.1. The molecule has 0 spiro atoms. The second-order valence-electron chi connectivity index (χ2n) is 3.47. The van der Waals surface area contributed by atoms with Gasteiger partial charge >= 0.3 is 5.97 Å². The number of esters is 1. The first-order chi connectivity index (χ1) is 8.19. The Morgan fingerprint density at radius 1 is 1.12 bits per heavy atom. The normalized spacial score (nSPS) is 10.3. The molecule has 0 heterocycles. The van der Waals surface area contributed by atoms with Gasteiger partial charge in [0.1, 0.15) is 5.75 Å². The molecule has 0 aliphatic carbocycles. The molecule has 0 unspecified atom stereocenters. The molecule has 0 radical (unpaired) electrons. The highest BCUT2D eigenvalue weighted by atomic mass is 79.9. The zero-order valence-electron chi connectivity index (χ0n) is 9.49. The summed E-state index contributed by atoms with van der Waals surface area (Å²) < 4.78 is 10.8. The molecule has 0 aliphatic rings. The molecule has 2 aromatic carbocycles. The third kappa shape index (κ3) is 2.00. The molecule has 17 heavy (non-hydrogen) atoms. The van der Waals surface area contributed by atoms with E-state index >= 15 is 0 Å². The fourth-order valence-corrected chi connectivity index (χ4v) is 2.39. The van der Waals surface area contributed by atoms with Gasteiger partial charge in [0.15, 0.2) is 0 Å². The van der Waals surface area contributed by atoms with Crippen LogP contribution in [0, 0.1) is 0 Å². The lowest BCUT2D eigenvalue weighted by molar-refractivity contribution is 0.0603. The van der Waals surface area contributed by atoms with Gasteiger partial charge in [-0.3, -0.25) is 0 Å². The minimum absolute atomic E-state index is 0.340. The molecule has 0 saturated carbocycles. The molecule has 0 N–H and O–H groups in total. The van der Waals surface area contributed by atoms with Gasteiger partial charge in [-0.25, -0.2) is 4.79 Å². The van der Waals surface area contributed by atoms with Crippen LogP contribution in [0.2, 0.25) is 0 Å². The van der Waals surface area contributed by atoms with Gasteiger partial charge in [-0.2, -0.15) is 0 Å². The Hall–Kier alpha value is -1.55. The summed E-state index contributed by atoms with van der Waals surface area (Å²) >= 11 is 3.47. The van der Waals surface area contributed by atoms with Crippen molar-refractivity contribution in [1.82, 2.24) is 0 Å². The van der Waals surface area contributed by atoms with Gasteiger partial charge in [0.2, 0.25) is 0 Å². The molecule has 0 fully saturated rings. The molecule has 0 aliphatic heterocycles. The van der Waals surface area contributed by atoms with Crippen molar-refractivity contribution in [1.29, 1.82) is 0 Å². The average Bonchev–Trinajstić information content (AvgIpc) is 2.38. The Morgan fingerprint density at radius 2 is 1.88 bits per heavy atom. The Labute approximate surface area is 107 Å². The maximum absolute atomic E-state index is 11.6. The summed E-state index contributed by atoms with van der Waals surface area (Å²) in [5.74, 6) is 0.396. The molecule has 0 atom stereocenters. The molecule has 2 rings (SSSR count). The molecular formula is C13H11BrO3. The summed E-state index contributed by atoms with van der Waals surface area (Å²) in [7, 11) is 2.98. The van der Waals surface area contributed by atoms with Crippen LogP contribution in [0.3, 0.4) is 0 Å². The van der Waals surface area contributed by atoms with Gasteiger partial charge in [-0.15, -0.1) is 0 Å². The van der Waals surface area contributed by atoms with Crippen LogP contribution in [-0.4, -0.2) is 20.2 Å². The highest BCUT2D eigenvalue weighted by Gasteiger charge is 2.13. The van der Waals surface area contributed by atoms with Crippen LogP contribution in [0.1, 0.15) is 10.4 Å². The van der Waals surface area contributed by atoms with Crippen molar-refractivity contribution in [2.24, 2.45) is 0 Å². The van der Waals surface area contributed by atoms with Crippen molar-refractivity contribution in [3.05, 3.63) is 40.4 Å². The molecule has 0 amide bonds. The van der Waals surface area contributed by atoms with Crippen LogP contribution in [0.4, 0.5) is 0 Å². The minimum Gasteiger partial charge on any atom is -0.496 e. The Bertz CT molecular complexity index is 578. The quantitative estimate of drug-likeness (QED) is 0.797. The van der Waals surface area contributed by atoms with Crippen molar-refractivity contribution < 1.29 is 14.3 Å². The predicted molar refractivity (Wildman–Crippen MR) is 69.5 cm³/mol. The van der Waals surface area contributed by atoms with E-state index in [0.29, 0.717) is 5.56 Å². The molecule has 4 heteroatoms. The number of carbonyl (C=O) groups excluding carboxylic acids is 1. The van der Waals surface area contributed by atoms with Gasteiger partial charge in [-0.1, -0.05) is 12.1 Å². The van der Waals surface area contributed by atoms with Crippen molar-refractivity contribution in [3.8, 4) is 5.75 Å². The molecule has 3 nitrogen and oxygen atoms in total. The van der Waals surface area contributed by atoms with E-state index in [1.54, 1.807) is 13.2 Å². The SMILES string of the molecule is COC(=O)c1cccc2c(Br)c(OC)ccc12. The standard InChI is InChI=1S/C13H11BrO3/c1-16-11-7-6-8-9(12(11)14)4-3-5-10(8)13(15)17-2/h3-7H,1-2H3. The fourth-order valence-electron chi connectivity index (χ4n) is 1.75. The summed E-state index contributed by atoms with van der Waals surface area (Å²) in [4.78, 5) is 11.6. The van der Waals surface area contributed by atoms with E-state index < -0.39 is 0 Å². The number of rotatable bonds is 2. The first-order valence-corrected chi connectivity index (χ1v) is 5.82. The van der Waals surface area contributed by atoms with Crippen LogP contribution >= 0.6 is 15.9 Å². The van der Waals surface area contributed by atoms with Crippen LogP contribution in [-0.2, 0) is 4.74 Å². The molecule has 0 saturated heterocycles. The second-order valence-corrected chi connectivity index (χ2v) is 4.27. The Balaban J connectivity index is 2.75. The maximum atomic E-state index is 11.6. The molecule has 0 aromatic heterocycles. The van der Waals surface area contributed by atoms with E-state index in [0.717, 1.165) is 21.0 Å². The summed E-state index contributed by atoms with van der Waals surface area (Å²) in [5.41, 5.74) is 0.549. The van der Waals surface area contributed by atoms with E-state index in [1.807, 2.05) is 24.3 Å². The highest BCUT2D eigenvalue weighted by Crippen LogP contribution is 2.34. The monoisotopic (exact) mass is 294 g/mol. The van der Waals surface area contributed by atoms with E-state index in [4.69, 9.17) is 9.47 Å². The number of ether oxygens (including phenoxy) is 2. The zero-order chi connectivity index (χ0) is 12.4. The molecule has 88 valence electrons. The fraction of sp³-hybridized carbons (Fsp3) is 0.154. The molecule has 2 aromatic rings. The van der Waals surface area contributed by atoms with Crippen LogP contribution in [0.25, 0.3) is 10.8 Å². The van der Waals surface area contributed by atoms with Crippen molar-refractivity contribution in [2.75, 3.05) is 14.2 Å². The summed E-state index contributed by atoms with van der Waals surface area (Å²) in [6, 6.07) is 9.16. The molecular weight excluding hydrogens is 284 g/mol. The average molecular weight is 295 g/mol. The van der Waals surface area contributed by atoms with E-state index in [2.05, 4.69) is 15.9 Å². The summed E-state index contributed by atoms with van der Waals surface area (Å²) in [5, 5.41) is 1.76. The first-order valence-electron chi connectivity index (χ1n) is 5.02. The van der Waals surface area contributed by atoms with Crippen molar-refractivity contribution in [2.45, 2.75) is 0 Å². The third-order valence-corrected chi connectivity index (χ3v) is 3.40. The van der Waals surface area contributed by atoms with Gasteiger partial charge in [0, 0.05) is 5.39 Å². The van der Waals surface area contributed by atoms with Gasteiger partial charge in [0.05, 0.1) is 24.3 Å². The lowest BCUT2D eigenvalue weighted by atomic mass is 10.0. The largest absolute Gasteiger partial charge is 0.496 e. The third-order valence-electron chi connectivity index (χ3n) is 2.59. The van der Waals surface area contributed by atoms with Gasteiger partial charge in [-0.05, 0) is 39.5 Å². The summed E-state index contributed by atoms with van der Waals surface area (Å²) in [6.45, 7) is 0. The second kappa shape index (κ2) is 4.75. The predicted octanol–water partition coefficient (Wildman–Crippen LogP) is 3.40. The minimum atomic E-state index is -0.340. The topological polar surface area (TPSA) is 35.5 Å². The van der Waals surface area contributed by atoms with E-state index in [-0.39, 0.29) is 5.97 Å². The Kier molecular flexibility index (Phi) is 3.33. The number of methoxy groups -OCH3 is 2. The highest BCUT2D eigenvalue weighted by molar-refractivity contribution is 9.10. The number of hydrogen-bond acceptors (Lipinski definition) is 3. The van der Waals surface area contributed by atoms with Crippen LogP contribution < -0.4 is 4.74 Å². The van der Waals surface area contributed by atoms with Crippen molar-refractivity contribution in [3.63, 3.8) is 0 Å². The maximum Gasteiger partial charge on any atom is 0.338 e. The van der Waals surface area contributed by atoms with Gasteiger partial charge < -0.3 is 9.47 Å². The van der Waals surface area contributed by atoms with Crippen molar-refractivity contribution >= 4 is 32.7 Å². The first kappa shape index (κ1) is 11.9. The van der Waals surface area contributed by atoms with Crippen LogP contribution in [0.5, 0.6) is 5.75 Å². The number of carbonyl (C=O) groups is 1. The summed E-state index contributed by atoms with van der Waals surface area (Å²) in [6.07, 6.45) is 0. The number of halogens is 1. The number of fused-ring (bicyclic) bond motifs is 1. The Morgan fingerprint density at radius 3 is 2.53 bits per heavy atom. The number of hydrogen-bond donors (Lipinski definition) is 0. The lowest BCUT2D eigenvalue weighted by Gasteiger charge is -2.09. The molecule has 0 bridgehead atoms. The number of benzene rings is 2. The van der Waals surface area contributed by atoms with E-state index in [1.165, 1.54) is 7.11 Å². The lowest BCUT2D eigenvalue weighted by Crippen LogP contribution is -2.02. The van der Waals surface area contributed by atoms with Gasteiger partial charge in [0.25, 0.3) is 0 Å².